The number of piperidine rings is 1. The predicted molar refractivity (Wildman–Crippen MR) is 78.1 cm³/mol. The first kappa shape index (κ1) is 15.4. The van der Waals surface area contributed by atoms with Crippen LogP contribution in [0.25, 0.3) is 0 Å². The summed E-state index contributed by atoms with van der Waals surface area (Å²) in [6.07, 6.45) is 4.40. The Morgan fingerprint density at radius 1 is 1.40 bits per heavy atom. The molecule has 0 aromatic carbocycles. The summed E-state index contributed by atoms with van der Waals surface area (Å²) in [5.74, 6) is 0. The molecule has 5 nitrogen and oxygen atoms in total. The van der Waals surface area contributed by atoms with Crippen LogP contribution in [0.2, 0.25) is 0 Å². The van der Waals surface area contributed by atoms with Crippen LogP contribution in [0.1, 0.15) is 30.5 Å². The van der Waals surface area contributed by atoms with Gasteiger partial charge < -0.3 is 15.9 Å². The maximum atomic E-state index is 9.51. The number of aromatic nitrogens is 1. The second kappa shape index (κ2) is 7.69. The molecule has 0 saturated carbocycles. The van der Waals surface area contributed by atoms with Gasteiger partial charge >= 0.3 is 0 Å². The minimum absolute atomic E-state index is 0.128. The lowest BCUT2D eigenvalue weighted by Gasteiger charge is -2.29. The zero-order valence-corrected chi connectivity index (χ0v) is 11.9. The van der Waals surface area contributed by atoms with Crippen molar-refractivity contribution in [2.75, 3.05) is 19.6 Å². The van der Waals surface area contributed by atoms with E-state index in [-0.39, 0.29) is 6.10 Å². The Kier molecular flexibility index (Phi) is 5.91. The van der Waals surface area contributed by atoms with E-state index in [0.29, 0.717) is 13.0 Å². The Labute approximate surface area is 120 Å². The van der Waals surface area contributed by atoms with Crippen molar-refractivity contribution in [2.45, 2.75) is 44.4 Å². The molecule has 0 spiro atoms. The molecule has 1 aromatic rings. The first-order valence-electron chi connectivity index (χ1n) is 7.39. The highest BCUT2D eigenvalue weighted by molar-refractivity contribution is 5.16. The standard InChI is InChI=1S/C15H25N3O2/c16-10-15(20)2-1-13-9-12(3-6-17-13)11-18-7-4-14(19)5-8-18/h3,6,9,14-15,19-20H,1-2,4-5,7-8,10-11,16H2. The maximum absolute atomic E-state index is 9.51. The summed E-state index contributed by atoms with van der Waals surface area (Å²) in [4.78, 5) is 6.70. The number of aliphatic hydroxyl groups is 2. The number of pyridine rings is 1. The molecule has 2 heterocycles. The van der Waals surface area contributed by atoms with Crippen LogP contribution in [-0.2, 0) is 13.0 Å². The molecule has 0 aliphatic carbocycles. The third kappa shape index (κ3) is 4.83. The summed E-state index contributed by atoms with van der Waals surface area (Å²) in [5.41, 5.74) is 7.65. The zero-order chi connectivity index (χ0) is 14.4. The Morgan fingerprint density at radius 2 is 2.15 bits per heavy atom. The van der Waals surface area contributed by atoms with Gasteiger partial charge in [-0.2, -0.15) is 0 Å². The van der Waals surface area contributed by atoms with E-state index < -0.39 is 6.10 Å². The maximum Gasteiger partial charge on any atom is 0.0666 e. The number of rotatable bonds is 6. The second-order valence-corrected chi connectivity index (χ2v) is 5.59. The molecule has 1 saturated heterocycles. The molecular formula is C15H25N3O2. The van der Waals surface area contributed by atoms with Gasteiger partial charge in [0.2, 0.25) is 0 Å². The van der Waals surface area contributed by atoms with E-state index in [1.54, 1.807) is 0 Å². The van der Waals surface area contributed by atoms with Crippen LogP contribution >= 0.6 is 0 Å². The van der Waals surface area contributed by atoms with Gasteiger partial charge in [-0.05, 0) is 43.4 Å². The summed E-state index contributed by atoms with van der Waals surface area (Å²) in [5, 5.41) is 19.0. The summed E-state index contributed by atoms with van der Waals surface area (Å²) < 4.78 is 0. The molecule has 0 amide bonds. The minimum Gasteiger partial charge on any atom is -0.393 e. The van der Waals surface area contributed by atoms with Crippen LogP contribution in [0.4, 0.5) is 0 Å². The molecule has 112 valence electrons. The SMILES string of the molecule is NCC(O)CCc1cc(CN2CCC(O)CC2)ccn1. The first-order valence-corrected chi connectivity index (χ1v) is 7.39. The summed E-state index contributed by atoms with van der Waals surface area (Å²) in [6, 6.07) is 4.14. The van der Waals surface area contributed by atoms with Crippen LogP contribution in [0.3, 0.4) is 0 Å². The van der Waals surface area contributed by atoms with Gasteiger partial charge in [0.1, 0.15) is 0 Å². The lowest BCUT2D eigenvalue weighted by atomic mass is 10.1. The minimum atomic E-state index is -0.441. The highest BCUT2D eigenvalue weighted by Gasteiger charge is 2.16. The first-order chi connectivity index (χ1) is 9.67. The van der Waals surface area contributed by atoms with E-state index in [9.17, 15) is 10.2 Å². The number of nitrogens with zero attached hydrogens (tertiary/aromatic N) is 2. The van der Waals surface area contributed by atoms with Crippen molar-refractivity contribution < 1.29 is 10.2 Å². The fourth-order valence-electron chi connectivity index (χ4n) is 2.53. The fourth-order valence-corrected chi connectivity index (χ4v) is 2.53. The van der Waals surface area contributed by atoms with Crippen molar-refractivity contribution in [3.63, 3.8) is 0 Å². The average molecular weight is 279 g/mol. The zero-order valence-electron chi connectivity index (χ0n) is 11.9. The van der Waals surface area contributed by atoms with Crippen molar-refractivity contribution in [2.24, 2.45) is 5.73 Å². The van der Waals surface area contributed by atoms with Crippen LogP contribution in [0, 0.1) is 0 Å². The van der Waals surface area contributed by atoms with Crippen molar-refractivity contribution in [3.05, 3.63) is 29.6 Å². The molecular weight excluding hydrogens is 254 g/mol. The number of nitrogens with two attached hydrogens (primary N) is 1. The smallest absolute Gasteiger partial charge is 0.0666 e. The van der Waals surface area contributed by atoms with Crippen LogP contribution in [0.5, 0.6) is 0 Å². The lowest BCUT2D eigenvalue weighted by molar-refractivity contribution is 0.0792. The van der Waals surface area contributed by atoms with E-state index in [1.807, 2.05) is 12.3 Å². The highest BCUT2D eigenvalue weighted by atomic mass is 16.3. The van der Waals surface area contributed by atoms with Gasteiger partial charge in [0.25, 0.3) is 0 Å². The van der Waals surface area contributed by atoms with Gasteiger partial charge in [-0.1, -0.05) is 0 Å². The molecule has 20 heavy (non-hydrogen) atoms. The van der Waals surface area contributed by atoms with Crippen molar-refractivity contribution in [3.8, 4) is 0 Å². The average Bonchev–Trinajstić information content (AvgIpc) is 2.47. The predicted octanol–water partition coefficient (Wildman–Crippen LogP) is 0.290. The van der Waals surface area contributed by atoms with Crippen LogP contribution < -0.4 is 5.73 Å². The molecule has 5 heteroatoms. The molecule has 2 rings (SSSR count). The van der Waals surface area contributed by atoms with Gasteiger partial charge in [0.15, 0.2) is 0 Å². The Bertz CT molecular complexity index is 406. The Balaban J connectivity index is 1.86. The molecule has 1 atom stereocenters. The molecule has 1 aliphatic heterocycles. The number of aryl methyl sites for hydroxylation is 1. The van der Waals surface area contributed by atoms with Crippen molar-refractivity contribution in [1.29, 1.82) is 0 Å². The Morgan fingerprint density at radius 3 is 2.85 bits per heavy atom. The van der Waals surface area contributed by atoms with E-state index in [4.69, 9.17) is 5.73 Å². The third-order valence-corrected chi connectivity index (χ3v) is 3.85. The van der Waals surface area contributed by atoms with E-state index in [2.05, 4.69) is 16.0 Å². The van der Waals surface area contributed by atoms with Crippen molar-refractivity contribution in [1.82, 2.24) is 9.88 Å². The van der Waals surface area contributed by atoms with Gasteiger partial charge in [0, 0.05) is 38.1 Å². The van der Waals surface area contributed by atoms with Gasteiger partial charge in [-0.15, -0.1) is 0 Å². The lowest BCUT2D eigenvalue weighted by Crippen LogP contribution is -2.35. The Hall–Kier alpha value is -1.01. The summed E-state index contributed by atoms with van der Waals surface area (Å²) in [7, 11) is 0. The molecule has 0 radical (unpaired) electrons. The molecule has 1 fully saturated rings. The molecule has 0 bridgehead atoms. The third-order valence-electron chi connectivity index (χ3n) is 3.85. The molecule has 1 unspecified atom stereocenters. The van der Waals surface area contributed by atoms with Crippen LogP contribution in [0.15, 0.2) is 18.3 Å². The fraction of sp³-hybridized carbons (Fsp3) is 0.667. The van der Waals surface area contributed by atoms with Gasteiger partial charge in [-0.25, -0.2) is 0 Å². The van der Waals surface area contributed by atoms with Crippen molar-refractivity contribution >= 4 is 0 Å². The quantitative estimate of drug-likeness (QED) is 0.697. The van der Waals surface area contributed by atoms with E-state index in [1.165, 1.54) is 5.56 Å². The van der Waals surface area contributed by atoms with E-state index in [0.717, 1.165) is 44.6 Å². The summed E-state index contributed by atoms with van der Waals surface area (Å²) >= 11 is 0. The molecule has 4 N–H and O–H groups in total. The number of likely N-dealkylation sites (tertiary alicyclic amines) is 1. The normalized spacial score (nSPS) is 19.1. The van der Waals surface area contributed by atoms with E-state index >= 15 is 0 Å². The topological polar surface area (TPSA) is 82.6 Å². The molecule has 1 aromatic heterocycles. The molecule has 1 aliphatic rings. The number of hydrogen-bond donors (Lipinski definition) is 3. The van der Waals surface area contributed by atoms with Gasteiger partial charge in [-0.3, -0.25) is 9.88 Å². The monoisotopic (exact) mass is 279 g/mol. The largest absolute Gasteiger partial charge is 0.393 e. The number of hydrogen-bond acceptors (Lipinski definition) is 5. The summed E-state index contributed by atoms with van der Waals surface area (Å²) in [6.45, 7) is 3.10. The second-order valence-electron chi connectivity index (χ2n) is 5.59. The van der Waals surface area contributed by atoms with Gasteiger partial charge in [0.05, 0.1) is 12.2 Å². The van der Waals surface area contributed by atoms with Crippen LogP contribution in [-0.4, -0.2) is 51.9 Å². The highest BCUT2D eigenvalue weighted by Crippen LogP contribution is 2.14. The number of aliphatic hydroxyl groups excluding tert-OH is 2.